The van der Waals surface area contributed by atoms with E-state index in [9.17, 15) is 9.59 Å². The number of hydrogen-bond donors (Lipinski definition) is 1. The van der Waals surface area contributed by atoms with E-state index in [0.29, 0.717) is 5.56 Å². The van der Waals surface area contributed by atoms with Crippen molar-refractivity contribution in [3.05, 3.63) is 64.2 Å². The Balaban J connectivity index is 1.97. The fourth-order valence-electron chi connectivity index (χ4n) is 2.22. The standard InChI is InChI=1S/C19H21NO3/c1-12-5-7-14(3)16(9-12)19(22)23-11-18(21)20-17-10-13(2)6-8-15(17)4/h5-10H,11H2,1-4H3,(H,20,21). The van der Waals surface area contributed by atoms with Crippen molar-refractivity contribution in [1.82, 2.24) is 0 Å². The number of benzene rings is 2. The highest BCUT2D eigenvalue weighted by atomic mass is 16.5. The summed E-state index contributed by atoms with van der Waals surface area (Å²) in [5, 5.41) is 2.77. The van der Waals surface area contributed by atoms with Crippen molar-refractivity contribution in [2.75, 3.05) is 11.9 Å². The largest absolute Gasteiger partial charge is 0.452 e. The summed E-state index contributed by atoms with van der Waals surface area (Å²) in [6.45, 7) is 7.31. The first-order valence-corrected chi connectivity index (χ1v) is 7.48. The Hall–Kier alpha value is -2.62. The summed E-state index contributed by atoms with van der Waals surface area (Å²) in [6, 6.07) is 11.4. The maximum atomic E-state index is 12.1. The van der Waals surface area contributed by atoms with Crippen LogP contribution in [-0.4, -0.2) is 18.5 Å². The quantitative estimate of drug-likeness (QED) is 0.876. The van der Waals surface area contributed by atoms with Crippen molar-refractivity contribution in [1.29, 1.82) is 0 Å². The molecule has 120 valence electrons. The van der Waals surface area contributed by atoms with Gasteiger partial charge < -0.3 is 10.1 Å². The average Bonchev–Trinajstić information content (AvgIpc) is 2.51. The molecule has 0 aliphatic carbocycles. The lowest BCUT2D eigenvalue weighted by molar-refractivity contribution is -0.119. The van der Waals surface area contributed by atoms with Gasteiger partial charge in [0.1, 0.15) is 0 Å². The molecule has 0 aromatic heterocycles. The van der Waals surface area contributed by atoms with Crippen LogP contribution < -0.4 is 5.32 Å². The normalized spacial score (nSPS) is 10.3. The molecule has 4 heteroatoms. The van der Waals surface area contributed by atoms with E-state index < -0.39 is 5.97 Å². The van der Waals surface area contributed by atoms with Crippen molar-refractivity contribution < 1.29 is 14.3 Å². The number of anilines is 1. The third-order valence-electron chi connectivity index (χ3n) is 3.61. The summed E-state index contributed by atoms with van der Waals surface area (Å²) >= 11 is 0. The third kappa shape index (κ3) is 4.42. The number of esters is 1. The van der Waals surface area contributed by atoms with Crippen molar-refractivity contribution in [3.63, 3.8) is 0 Å². The van der Waals surface area contributed by atoms with Crippen LogP contribution in [0.5, 0.6) is 0 Å². The van der Waals surface area contributed by atoms with Crippen LogP contribution in [0.15, 0.2) is 36.4 Å². The van der Waals surface area contributed by atoms with E-state index in [1.54, 1.807) is 6.07 Å². The minimum Gasteiger partial charge on any atom is -0.452 e. The maximum absolute atomic E-state index is 12.1. The molecule has 23 heavy (non-hydrogen) atoms. The van der Waals surface area contributed by atoms with Gasteiger partial charge in [-0.3, -0.25) is 4.79 Å². The Morgan fingerprint density at radius 3 is 2.22 bits per heavy atom. The number of aryl methyl sites for hydroxylation is 4. The summed E-state index contributed by atoms with van der Waals surface area (Å²) in [5.74, 6) is -0.834. The second kappa shape index (κ2) is 7.09. The highest BCUT2D eigenvalue weighted by Crippen LogP contribution is 2.16. The van der Waals surface area contributed by atoms with Crippen LogP contribution >= 0.6 is 0 Å². The van der Waals surface area contributed by atoms with E-state index in [-0.39, 0.29) is 12.5 Å². The molecule has 2 aromatic rings. The molecule has 0 saturated heterocycles. The Labute approximate surface area is 136 Å². The van der Waals surface area contributed by atoms with E-state index in [4.69, 9.17) is 4.74 Å². The number of rotatable bonds is 4. The molecular weight excluding hydrogens is 290 g/mol. The first-order chi connectivity index (χ1) is 10.9. The Morgan fingerprint density at radius 1 is 0.913 bits per heavy atom. The molecule has 1 amide bonds. The monoisotopic (exact) mass is 311 g/mol. The van der Waals surface area contributed by atoms with Gasteiger partial charge >= 0.3 is 5.97 Å². The van der Waals surface area contributed by atoms with E-state index in [1.165, 1.54) is 0 Å². The molecule has 2 aromatic carbocycles. The summed E-state index contributed by atoms with van der Waals surface area (Å²) in [4.78, 5) is 24.1. The van der Waals surface area contributed by atoms with Crippen LogP contribution in [-0.2, 0) is 9.53 Å². The van der Waals surface area contributed by atoms with E-state index in [0.717, 1.165) is 27.9 Å². The van der Waals surface area contributed by atoms with E-state index in [2.05, 4.69) is 5.32 Å². The van der Waals surface area contributed by atoms with Crippen molar-refractivity contribution in [2.45, 2.75) is 27.7 Å². The van der Waals surface area contributed by atoms with Gasteiger partial charge in [0.2, 0.25) is 0 Å². The van der Waals surface area contributed by atoms with Crippen molar-refractivity contribution in [2.24, 2.45) is 0 Å². The maximum Gasteiger partial charge on any atom is 0.338 e. The van der Waals surface area contributed by atoms with E-state index in [1.807, 2.05) is 58.0 Å². The lowest BCUT2D eigenvalue weighted by Gasteiger charge is -2.11. The molecule has 0 atom stereocenters. The molecule has 2 rings (SSSR count). The fourth-order valence-corrected chi connectivity index (χ4v) is 2.22. The first-order valence-electron chi connectivity index (χ1n) is 7.48. The van der Waals surface area contributed by atoms with Gasteiger partial charge in [-0.1, -0.05) is 29.8 Å². The van der Waals surface area contributed by atoms with Gasteiger partial charge in [-0.15, -0.1) is 0 Å². The third-order valence-corrected chi connectivity index (χ3v) is 3.61. The second-order valence-electron chi connectivity index (χ2n) is 5.76. The van der Waals surface area contributed by atoms with Gasteiger partial charge in [0.05, 0.1) is 5.56 Å². The number of hydrogen-bond acceptors (Lipinski definition) is 3. The minimum atomic E-state index is -0.484. The van der Waals surface area contributed by atoms with Crippen LogP contribution in [0.1, 0.15) is 32.6 Å². The molecule has 0 fully saturated rings. The molecule has 4 nitrogen and oxygen atoms in total. The van der Waals surface area contributed by atoms with Crippen LogP contribution in [0, 0.1) is 27.7 Å². The predicted molar refractivity (Wildman–Crippen MR) is 90.7 cm³/mol. The molecule has 0 aliphatic rings. The zero-order chi connectivity index (χ0) is 17.0. The molecule has 0 unspecified atom stereocenters. The minimum absolute atomic E-state index is 0.306. The van der Waals surface area contributed by atoms with Gasteiger partial charge in [-0.2, -0.15) is 0 Å². The van der Waals surface area contributed by atoms with Gasteiger partial charge in [0.15, 0.2) is 6.61 Å². The van der Waals surface area contributed by atoms with Crippen LogP contribution in [0.4, 0.5) is 5.69 Å². The van der Waals surface area contributed by atoms with E-state index >= 15 is 0 Å². The van der Waals surface area contributed by atoms with Crippen LogP contribution in [0.25, 0.3) is 0 Å². The lowest BCUT2D eigenvalue weighted by Crippen LogP contribution is -2.21. The molecule has 0 heterocycles. The van der Waals surface area contributed by atoms with Crippen LogP contribution in [0.3, 0.4) is 0 Å². The zero-order valence-electron chi connectivity index (χ0n) is 13.9. The van der Waals surface area contributed by atoms with Crippen molar-refractivity contribution in [3.8, 4) is 0 Å². The smallest absolute Gasteiger partial charge is 0.338 e. The Kier molecular flexibility index (Phi) is 5.16. The summed E-state index contributed by atoms with van der Waals surface area (Å²) < 4.78 is 5.12. The number of amides is 1. The molecule has 1 N–H and O–H groups in total. The molecule has 0 radical (unpaired) electrons. The predicted octanol–water partition coefficient (Wildman–Crippen LogP) is 3.72. The molecular formula is C19H21NO3. The zero-order valence-corrected chi connectivity index (χ0v) is 13.9. The Bertz CT molecular complexity index is 750. The van der Waals surface area contributed by atoms with Gasteiger partial charge in [0, 0.05) is 5.69 Å². The molecule has 0 saturated carbocycles. The SMILES string of the molecule is Cc1ccc(C)c(NC(=O)COC(=O)c2cc(C)ccc2C)c1. The second-order valence-corrected chi connectivity index (χ2v) is 5.76. The number of carbonyl (C=O) groups is 2. The summed E-state index contributed by atoms with van der Waals surface area (Å²) in [5.41, 5.74) is 5.04. The molecule has 0 aliphatic heterocycles. The average molecular weight is 311 g/mol. The molecule has 0 bridgehead atoms. The summed E-state index contributed by atoms with van der Waals surface area (Å²) in [6.07, 6.45) is 0. The molecule has 0 spiro atoms. The van der Waals surface area contributed by atoms with Gasteiger partial charge in [-0.05, 0) is 56.5 Å². The topological polar surface area (TPSA) is 55.4 Å². The fraction of sp³-hybridized carbons (Fsp3) is 0.263. The Morgan fingerprint density at radius 2 is 1.52 bits per heavy atom. The highest BCUT2D eigenvalue weighted by molar-refractivity contribution is 5.96. The highest BCUT2D eigenvalue weighted by Gasteiger charge is 2.13. The van der Waals surface area contributed by atoms with Crippen LogP contribution in [0.2, 0.25) is 0 Å². The number of carbonyl (C=O) groups excluding carboxylic acids is 2. The van der Waals surface area contributed by atoms with Gasteiger partial charge in [0.25, 0.3) is 5.91 Å². The van der Waals surface area contributed by atoms with Gasteiger partial charge in [-0.25, -0.2) is 4.79 Å². The first kappa shape index (κ1) is 16.7. The lowest BCUT2D eigenvalue weighted by atomic mass is 10.1. The number of nitrogens with one attached hydrogen (secondary N) is 1. The summed E-state index contributed by atoms with van der Waals surface area (Å²) in [7, 11) is 0. The van der Waals surface area contributed by atoms with Crippen molar-refractivity contribution >= 4 is 17.6 Å². The number of ether oxygens (including phenoxy) is 1.